The largest absolute Gasteiger partial charge is 0.462 e. The van der Waals surface area contributed by atoms with E-state index in [4.69, 9.17) is 4.74 Å². The van der Waals surface area contributed by atoms with Crippen LogP contribution in [-0.2, 0) is 16.0 Å². The molecule has 0 aliphatic heterocycles. The molecule has 0 saturated heterocycles. The van der Waals surface area contributed by atoms with Gasteiger partial charge in [0.1, 0.15) is 5.82 Å². The predicted octanol–water partition coefficient (Wildman–Crippen LogP) is 1.08. The fourth-order valence-corrected chi connectivity index (χ4v) is 2.38. The number of nitrogens with zero attached hydrogens (tertiary/aromatic N) is 3. The lowest BCUT2D eigenvalue weighted by Crippen LogP contribution is -2.17. The highest BCUT2D eigenvalue weighted by molar-refractivity contribution is 5.93. The molecule has 0 aliphatic carbocycles. The minimum absolute atomic E-state index is 0.0541. The first kappa shape index (κ1) is 17.3. The summed E-state index contributed by atoms with van der Waals surface area (Å²) in [5.74, 6) is -0.198. The fourth-order valence-electron chi connectivity index (χ4n) is 2.38. The number of benzene rings is 1. The monoisotopic (exact) mass is 355 g/mol. The topological polar surface area (TPSA) is 118 Å². The first-order chi connectivity index (χ1) is 12.5. The maximum atomic E-state index is 12.2. The van der Waals surface area contributed by atoms with Crippen LogP contribution in [0.5, 0.6) is 0 Å². The van der Waals surface area contributed by atoms with E-state index >= 15 is 0 Å². The normalized spacial score (nSPS) is 10.7. The maximum absolute atomic E-state index is 12.2. The molecule has 0 aliphatic rings. The van der Waals surface area contributed by atoms with E-state index in [1.54, 1.807) is 38.1 Å². The number of esters is 1. The van der Waals surface area contributed by atoms with Crippen molar-refractivity contribution in [1.82, 2.24) is 19.6 Å². The summed E-state index contributed by atoms with van der Waals surface area (Å²) in [4.78, 5) is 43.9. The predicted molar refractivity (Wildman–Crippen MR) is 93.1 cm³/mol. The molecule has 3 aromatic rings. The van der Waals surface area contributed by atoms with Crippen LogP contribution in [0.4, 0.5) is 5.69 Å². The number of aromatic amines is 1. The molecule has 0 fully saturated rings. The molecule has 3 rings (SSSR count). The van der Waals surface area contributed by atoms with Crippen LogP contribution in [0.3, 0.4) is 0 Å². The third-order valence-corrected chi connectivity index (χ3v) is 3.51. The van der Waals surface area contributed by atoms with Crippen LogP contribution < -0.4 is 10.9 Å². The summed E-state index contributed by atoms with van der Waals surface area (Å²) in [6.07, 6.45) is -0.0541. The quantitative estimate of drug-likeness (QED) is 0.661. The minimum atomic E-state index is -0.416. The zero-order chi connectivity index (χ0) is 18.7. The molecule has 2 heterocycles. The van der Waals surface area contributed by atoms with Crippen molar-refractivity contribution in [2.45, 2.75) is 20.3 Å². The number of amides is 1. The molecule has 9 heteroatoms. The highest BCUT2D eigenvalue weighted by Gasteiger charge is 2.11. The van der Waals surface area contributed by atoms with Gasteiger partial charge < -0.3 is 10.1 Å². The van der Waals surface area contributed by atoms with Crippen molar-refractivity contribution < 1.29 is 14.3 Å². The van der Waals surface area contributed by atoms with E-state index in [1.807, 2.05) is 0 Å². The molecule has 0 radical (unpaired) electrons. The summed E-state index contributed by atoms with van der Waals surface area (Å²) in [5.41, 5.74) is 1.20. The number of hydrogen-bond acceptors (Lipinski definition) is 6. The van der Waals surface area contributed by atoms with Gasteiger partial charge in [-0.15, -0.1) is 0 Å². The van der Waals surface area contributed by atoms with E-state index in [2.05, 4.69) is 20.4 Å². The summed E-state index contributed by atoms with van der Waals surface area (Å²) in [5, 5.41) is 5.45. The highest BCUT2D eigenvalue weighted by atomic mass is 16.5. The van der Waals surface area contributed by atoms with E-state index < -0.39 is 5.97 Å². The lowest BCUT2D eigenvalue weighted by molar-refractivity contribution is -0.115. The minimum Gasteiger partial charge on any atom is -0.462 e. The third-order valence-electron chi connectivity index (χ3n) is 3.51. The Kier molecular flexibility index (Phi) is 4.78. The SMILES string of the molecule is CCOC(=O)c1ccc(NC(=O)Cc2nc3nc(C)cc(=O)n3[nH]2)cc1. The van der Waals surface area contributed by atoms with Crippen LogP contribution in [0.25, 0.3) is 5.78 Å². The average Bonchev–Trinajstić information content (AvgIpc) is 2.98. The Hall–Kier alpha value is -3.49. The second kappa shape index (κ2) is 7.18. The summed E-state index contributed by atoms with van der Waals surface area (Å²) >= 11 is 0. The standard InChI is InChI=1S/C17H17N5O4/c1-3-26-16(25)11-4-6-12(7-5-11)19-14(23)9-13-20-17-18-10(2)8-15(24)22(17)21-13/h4-8H,3,9H2,1-2H3,(H,19,23)(H,18,20,21). The van der Waals surface area contributed by atoms with Crippen LogP contribution >= 0.6 is 0 Å². The number of aromatic nitrogens is 4. The van der Waals surface area contributed by atoms with Gasteiger partial charge in [0.05, 0.1) is 18.6 Å². The van der Waals surface area contributed by atoms with Gasteiger partial charge in [0, 0.05) is 17.4 Å². The number of nitrogens with one attached hydrogen (secondary N) is 2. The molecule has 2 aromatic heterocycles. The van der Waals surface area contributed by atoms with Gasteiger partial charge in [-0.2, -0.15) is 9.50 Å². The number of fused-ring (bicyclic) bond motifs is 1. The number of ether oxygens (including phenoxy) is 1. The Morgan fingerprint density at radius 3 is 2.65 bits per heavy atom. The van der Waals surface area contributed by atoms with Gasteiger partial charge in [0.25, 0.3) is 11.3 Å². The van der Waals surface area contributed by atoms with Gasteiger partial charge in [-0.1, -0.05) is 0 Å². The molecule has 0 saturated carbocycles. The molecule has 0 spiro atoms. The molecule has 0 unspecified atom stereocenters. The Labute approximate surface area is 148 Å². The fraction of sp³-hybridized carbons (Fsp3) is 0.235. The average molecular weight is 355 g/mol. The molecule has 26 heavy (non-hydrogen) atoms. The van der Waals surface area contributed by atoms with Gasteiger partial charge in [-0.05, 0) is 38.1 Å². The van der Waals surface area contributed by atoms with Gasteiger partial charge >= 0.3 is 5.97 Å². The first-order valence-corrected chi connectivity index (χ1v) is 7.98. The van der Waals surface area contributed by atoms with Crippen molar-refractivity contribution in [2.75, 3.05) is 11.9 Å². The Balaban J connectivity index is 1.68. The van der Waals surface area contributed by atoms with E-state index in [0.717, 1.165) is 0 Å². The smallest absolute Gasteiger partial charge is 0.338 e. The van der Waals surface area contributed by atoms with Crippen LogP contribution in [0.1, 0.15) is 28.8 Å². The van der Waals surface area contributed by atoms with Gasteiger partial charge in [0.15, 0.2) is 0 Å². The number of carbonyl (C=O) groups is 2. The molecule has 0 bridgehead atoms. The van der Waals surface area contributed by atoms with Gasteiger partial charge in [-0.3, -0.25) is 14.7 Å². The number of aryl methyl sites for hydroxylation is 1. The van der Waals surface area contributed by atoms with Crippen molar-refractivity contribution >= 4 is 23.3 Å². The number of hydrogen-bond donors (Lipinski definition) is 2. The number of H-pyrrole nitrogens is 1. The molecular formula is C17H17N5O4. The lowest BCUT2D eigenvalue weighted by atomic mass is 10.2. The van der Waals surface area contributed by atoms with E-state index in [-0.39, 0.29) is 23.7 Å². The summed E-state index contributed by atoms with van der Waals surface area (Å²) in [7, 11) is 0. The zero-order valence-corrected chi connectivity index (χ0v) is 14.3. The molecule has 0 atom stereocenters. The lowest BCUT2D eigenvalue weighted by Gasteiger charge is -2.05. The van der Waals surface area contributed by atoms with Crippen LogP contribution in [0.15, 0.2) is 35.1 Å². The van der Waals surface area contributed by atoms with Crippen LogP contribution in [0, 0.1) is 6.92 Å². The molecule has 2 N–H and O–H groups in total. The Bertz CT molecular complexity index is 1020. The number of carbonyl (C=O) groups excluding carboxylic acids is 2. The van der Waals surface area contributed by atoms with E-state index in [0.29, 0.717) is 29.4 Å². The Morgan fingerprint density at radius 1 is 1.23 bits per heavy atom. The van der Waals surface area contributed by atoms with Crippen molar-refractivity contribution in [3.8, 4) is 0 Å². The second-order valence-corrected chi connectivity index (χ2v) is 5.56. The van der Waals surface area contributed by atoms with Crippen LogP contribution in [-0.4, -0.2) is 38.1 Å². The zero-order valence-electron chi connectivity index (χ0n) is 14.3. The second-order valence-electron chi connectivity index (χ2n) is 5.56. The van der Waals surface area contributed by atoms with Crippen molar-refractivity contribution in [2.24, 2.45) is 0 Å². The number of rotatable bonds is 5. The van der Waals surface area contributed by atoms with Crippen molar-refractivity contribution in [1.29, 1.82) is 0 Å². The van der Waals surface area contributed by atoms with Crippen molar-refractivity contribution in [3.63, 3.8) is 0 Å². The molecule has 1 amide bonds. The summed E-state index contributed by atoms with van der Waals surface area (Å²) in [6.45, 7) is 3.73. The molecule has 9 nitrogen and oxygen atoms in total. The van der Waals surface area contributed by atoms with Crippen molar-refractivity contribution in [3.05, 3.63) is 57.8 Å². The van der Waals surface area contributed by atoms with Gasteiger partial charge in [0.2, 0.25) is 5.91 Å². The molecule has 1 aromatic carbocycles. The first-order valence-electron chi connectivity index (χ1n) is 7.98. The summed E-state index contributed by atoms with van der Waals surface area (Å²) < 4.78 is 6.09. The van der Waals surface area contributed by atoms with Crippen LogP contribution in [0.2, 0.25) is 0 Å². The number of anilines is 1. The molecular weight excluding hydrogens is 338 g/mol. The van der Waals surface area contributed by atoms with E-state index in [1.165, 1.54) is 10.6 Å². The van der Waals surface area contributed by atoms with E-state index in [9.17, 15) is 14.4 Å². The van der Waals surface area contributed by atoms with Gasteiger partial charge in [-0.25, -0.2) is 9.78 Å². The maximum Gasteiger partial charge on any atom is 0.338 e. The Morgan fingerprint density at radius 2 is 1.96 bits per heavy atom. The highest BCUT2D eigenvalue weighted by Crippen LogP contribution is 2.11. The summed E-state index contributed by atoms with van der Waals surface area (Å²) in [6, 6.07) is 7.73. The third kappa shape index (κ3) is 3.77. The molecule has 134 valence electrons.